The van der Waals surface area contributed by atoms with Gasteiger partial charge in [-0.3, -0.25) is 0 Å². The van der Waals surface area contributed by atoms with E-state index in [2.05, 4.69) is 21.1 Å². The first-order chi connectivity index (χ1) is 8.70. The Labute approximate surface area is 110 Å². The van der Waals surface area contributed by atoms with E-state index in [4.69, 9.17) is 5.26 Å². The van der Waals surface area contributed by atoms with E-state index in [-0.39, 0.29) is 0 Å². The maximum Gasteiger partial charge on any atom is 0.253 e. The van der Waals surface area contributed by atoms with Crippen LogP contribution in [0.25, 0.3) is 5.78 Å². The third-order valence-corrected chi connectivity index (χ3v) is 3.44. The van der Waals surface area contributed by atoms with Gasteiger partial charge in [-0.05, 0) is 32.8 Å². The van der Waals surface area contributed by atoms with E-state index in [1.807, 2.05) is 19.9 Å². The fraction of sp³-hybridized carbons (Fsp3) is 0.500. The van der Waals surface area contributed by atoms with Crippen molar-refractivity contribution >= 4 is 17.5 Å². The molecule has 2 heterocycles. The number of rotatable bonds is 5. The molecule has 0 aliphatic heterocycles. The maximum atomic E-state index is 8.44. The molecule has 2 rings (SSSR count). The molecule has 0 saturated heterocycles. The zero-order chi connectivity index (χ0) is 13.0. The summed E-state index contributed by atoms with van der Waals surface area (Å²) in [5, 5.41) is 13.6. The van der Waals surface area contributed by atoms with E-state index >= 15 is 0 Å². The van der Waals surface area contributed by atoms with Gasteiger partial charge in [0, 0.05) is 23.6 Å². The molecule has 2 aromatic heterocycles. The molecule has 6 heteroatoms. The zero-order valence-electron chi connectivity index (χ0n) is 10.6. The Morgan fingerprint density at radius 2 is 2.17 bits per heavy atom. The van der Waals surface area contributed by atoms with Crippen molar-refractivity contribution in [1.29, 1.82) is 5.26 Å². The predicted octanol–water partition coefficient (Wildman–Crippen LogP) is 2.53. The van der Waals surface area contributed by atoms with Gasteiger partial charge in [0.15, 0.2) is 0 Å². The highest BCUT2D eigenvalue weighted by Gasteiger charge is 2.07. The lowest BCUT2D eigenvalue weighted by Gasteiger charge is -1.97. The number of aryl methyl sites for hydroxylation is 2. The normalized spacial score (nSPS) is 10.7. The van der Waals surface area contributed by atoms with Gasteiger partial charge in [0.05, 0.1) is 6.07 Å². The van der Waals surface area contributed by atoms with Gasteiger partial charge in [0.25, 0.3) is 5.78 Å². The van der Waals surface area contributed by atoms with Gasteiger partial charge in [-0.1, -0.05) is 11.8 Å². The molecule has 0 spiro atoms. The van der Waals surface area contributed by atoms with Crippen LogP contribution in [0.4, 0.5) is 0 Å². The number of nitrogens with zero attached hydrogens (tertiary/aromatic N) is 5. The summed E-state index contributed by atoms with van der Waals surface area (Å²) in [7, 11) is 0. The Bertz CT molecular complexity index is 584. The second-order valence-electron chi connectivity index (χ2n) is 4.11. The number of hydrogen-bond acceptors (Lipinski definition) is 5. The van der Waals surface area contributed by atoms with E-state index in [1.54, 1.807) is 16.3 Å². The number of thioether (sulfide) groups is 1. The zero-order valence-corrected chi connectivity index (χ0v) is 11.4. The lowest BCUT2D eigenvalue weighted by molar-refractivity contribution is 0.821. The summed E-state index contributed by atoms with van der Waals surface area (Å²) in [4.78, 5) is 8.74. The van der Waals surface area contributed by atoms with Crippen LogP contribution in [0.15, 0.2) is 11.2 Å². The molecular weight excluding hydrogens is 246 g/mol. The molecule has 0 radical (unpaired) electrons. The minimum absolute atomic E-state index is 0.624. The van der Waals surface area contributed by atoms with Crippen molar-refractivity contribution in [2.45, 2.75) is 38.3 Å². The molecular formula is C12H15N5S. The number of unbranched alkanes of at least 4 members (excludes halogenated alkanes) is 2. The standard InChI is InChI=1S/C12H15N5S/c1-9-8-10(2)17-11(14-9)15-12(16-17)18-7-5-3-4-6-13/h8H,3-5,7H2,1-2H3. The summed E-state index contributed by atoms with van der Waals surface area (Å²) < 4.78 is 1.77. The fourth-order valence-corrected chi connectivity index (χ4v) is 2.50. The average molecular weight is 261 g/mol. The number of fused-ring (bicyclic) bond motifs is 1. The fourth-order valence-electron chi connectivity index (χ4n) is 1.68. The minimum Gasteiger partial charge on any atom is -0.216 e. The van der Waals surface area contributed by atoms with Crippen LogP contribution in [0, 0.1) is 25.2 Å². The van der Waals surface area contributed by atoms with Crippen molar-refractivity contribution < 1.29 is 0 Å². The van der Waals surface area contributed by atoms with Crippen LogP contribution < -0.4 is 0 Å². The molecule has 94 valence electrons. The third kappa shape index (κ3) is 2.99. The molecule has 0 aliphatic rings. The van der Waals surface area contributed by atoms with Gasteiger partial charge in [-0.25, -0.2) is 9.50 Å². The van der Waals surface area contributed by atoms with E-state index in [9.17, 15) is 0 Å². The second-order valence-corrected chi connectivity index (χ2v) is 5.17. The first-order valence-corrected chi connectivity index (χ1v) is 6.90. The van der Waals surface area contributed by atoms with E-state index in [0.717, 1.165) is 35.1 Å². The van der Waals surface area contributed by atoms with Gasteiger partial charge >= 0.3 is 0 Å². The van der Waals surface area contributed by atoms with E-state index < -0.39 is 0 Å². The van der Waals surface area contributed by atoms with Gasteiger partial charge < -0.3 is 0 Å². The van der Waals surface area contributed by atoms with Gasteiger partial charge in [0.1, 0.15) is 0 Å². The number of hydrogen-bond donors (Lipinski definition) is 0. The van der Waals surface area contributed by atoms with Crippen LogP contribution in [0.3, 0.4) is 0 Å². The molecule has 0 unspecified atom stereocenters. The lowest BCUT2D eigenvalue weighted by atomic mass is 10.3. The Morgan fingerprint density at radius 3 is 2.94 bits per heavy atom. The topological polar surface area (TPSA) is 66.9 Å². The van der Waals surface area contributed by atoms with Crippen molar-refractivity contribution in [1.82, 2.24) is 19.6 Å². The molecule has 0 bridgehead atoms. The summed E-state index contributed by atoms with van der Waals surface area (Å²) in [6.45, 7) is 3.95. The first kappa shape index (κ1) is 12.8. The summed E-state index contributed by atoms with van der Waals surface area (Å²) in [5.41, 5.74) is 2.00. The van der Waals surface area contributed by atoms with Crippen LogP contribution in [-0.4, -0.2) is 25.3 Å². The smallest absolute Gasteiger partial charge is 0.216 e. The van der Waals surface area contributed by atoms with Crippen LogP contribution in [0.2, 0.25) is 0 Å². The molecule has 5 nitrogen and oxygen atoms in total. The minimum atomic E-state index is 0.624. The molecule has 0 fully saturated rings. The highest BCUT2D eigenvalue weighted by Crippen LogP contribution is 2.17. The first-order valence-electron chi connectivity index (χ1n) is 5.91. The maximum absolute atomic E-state index is 8.44. The Hall–Kier alpha value is -1.61. The van der Waals surface area contributed by atoms with Crippen molar-refractivity contribution in [2.24, 2.45) is 0 Å². The predicted molar refractivity (Wildman–Crippen MR) is 70.4 cm³/mol. The molecule has 0 aliphatic carbocycles. The molecule has 18 heavy (non-hydrogen) atoms. The van der Waals surface area contributed by atoms with E-state index in [0.29, 0.717) is 12.2 Å². The van der Waals surface area contributed by atoms with Crippen LogP contribution in [0.1, 0.15) is 30.7 Å². The van der Waals surface area contributed by atoms with Crippen LogP contribution >= 0.6 is 11.8 Å². The molecule has 0 atom stereocenters. The Balaban J connectivity index is 2.02. The summed E-state index contributed by atoms with van der Waals surface area (Å²) in [5.74, 6) is 1.60. The monoisotopic (exact) mass is 261 g/mol. The molecule has 0 aromatic carbocycles. The molecule has 0 amide bonds. The summed E-state index contributed by atoms with van der Waals surface area (Å²) >= 11 is 1.62. The van der Waals surface area contributed by atoms with E-state index in [1.165, 1.54) is 0 Å². The number of nitriles is 1. The molecule has 2 aromatic rings. The lowest BCUT2D eigenvalue weighted by Crippen LogP contribution is -1.97. The highest BCUT2D eigenvalue weighted by molar-refractivity contribution is 7.99. The Kier molecular flexibility index (Phi) is 4.15. The van der Waals surface area contributed by atoms with Crippen molar-refractivity contribution in [3.8, 4) is 6.07 Å². The third-order valence-electron chi connectivity index (χ3n) is 2.51. The average Bonchev–Trinajstić information content (AvgIpc) is 2.72. The van der Waals surface area contributed by atoms with Crippen LogP contribution in [-0.2, 0) is 0 Å². The van der Waals surface area contributed by atoms with Crippen LogP contribution in [0.5, 0.6) is 0 Å². The number of aromatic nitrogens is 4. The SMILES string of the molecule is Cc1cc(C)n2nc(SCCCCC#N)nc2n1. The largest absolute Gasteiger partial charge is 0.253 e. The van der Waals surface area contributed by atoms with Gasteiger partial charge in [-0.15, -0.1) is 5.10 Å². The molecule has 0 saturated carbocycles. The second kappa shape index (κ2) is 5.83. The quantitative estimate of drug-likeness (QED) is 0.611. The Morgan fingerprint density at radius 1 is 1.33 bits per heavy atom. The van der Waals surface area contributed by atoms with Gasteiger partial charge in [0.2, 0.25) is 5.16 Å². The molecule has 0 N–H and O–H groups in total. The van der Waals surface area contributed by atoms with Gasteiger partial charge in [-0.2, -0.15) is 10.2 Å². The van der Waals surface area contributed by atoms with Crippen molar-refractivity contribution in [2.75, 3.05) is 5.75 Å². The summed E-state index contributed by atoms with van der Waals surface area (Å²) in [6, 6.07) is 4.14. The summed E-state index contributed by atoms with van der Waals surface area (Å²) in [6.07, 6.45) is 2.57. The highest BCUT2D eigenvalue weighted by atomic mass is 32.2. The van der Waals surface area contributed by atoms with Crippen molar-refractivity contribution in [3.05, 3.63) is 17.5 Å². The van der Waals surface area contributed by atoms with Crippen molar-refractivity contribution in [3.63, 3.8) is 0 Å².